The van der Waals surface area contributed by atoms with Crippen molar-refractivity contribution in [1.29, 1.82) is 0 Å². The minimum absolute atomic E-state index is 0.535. The number of aromatic nitrogens is 5. The zero-order valence-electron chi connectivity index (χ0n) is 14.5. The Morgan fingerprint density at radius 2 is 2.08 bits per heavy atom. The van der Waals surface area contributed by atoms with Crippen molar-refractivity contribution >= 4 is 6.09 Å². The summed E-state index contributed by atoms with van der Waals surface area (Å²) < 4.78 is 7.27. The monoisotopic (exact) mass is 344 g/mol. The molecule has 1 aliphatic rings. The van der Waals surface area contributed by atoms with Crippen molar-refractivity contribution in [1.82, 2.24) is 25.0 Å². The summed E-state index contributed by atoms with van der Waals surface area (Å²) >= 11 is 0. The van der Waals surface area contributed by atoms with Crippen molar-refractivity contribution in [2.45, 2.75) is 64.0 Å². The molecule has 0 aromatic carbocycles. The zero-order valence-corrected chi connectivity index (χ0v) is 14.5. The van der Waals surface area contributed by atoms with Crippen molar-refractivity contribution < 1.29 is 9.53 Å². The number of carbonyl (C=O) groups is 1. The highest BCUT2D eigenvalue weighted by molar-refractivity contribution is 5.65. The SMILES string of the molecule is Cc1cncc(CCn2cc(CC3(OC(N)=O)CCCCC3)nn2)n1. The van der Waals surface area contributed by atoms with E-state index in [2.05, 4.69) is 20.3 Å². The number of hydrogen-bond donors (Lipinski definition) is 1. The molecular formula is C17H24N6O2. The first-order valence-corrected chi connectivity index (χ1v) is 8.70. The van der Waals surface area contributed by atoms with Gasteiger partial charge in [-0.15, -0.1) is 5.10 Å². The molecule has 1 amide bonds. The molecule has 134 valence electrons. The number of ether oxygens (including phenoxy) is 1. The van der Waals surface area contributed by atoms with Gasteiger partial charge in [0.2, 0.25) is 0 Å². The Balaban J connectivity index is 1.62. The van der Waals surface area contributed by atoms with Crippen molar-refractivity contribution in [2.75, 3.05) is 0 Å². The van der Waals surface area contributed by atoms with Gasteiger partial charge in [0.15, 0.2) is 0 Å². The van der Waals surface area contributed by atoms with E-state index in [9.17, 15) is 4.79 Å². The third-order valence-corrected chi connectivity index (χ3v) is 4.57. The van der Waals surface area contributed by atoms with Crippen molar-refractivity contribution in [3.63, 3.8) is 0 Å². The molecule has 0 aliphatic heterocycles. The Labute approximate surface area is 146 Å². The molecule has 25 heavy (non-hydrogen) atoms. The van der Waals surface area contributed by atoms with E-state index < -0.39 is 11.7 Å². The molecule has 1 saturated carbocycles. The molecule has 2 aromatic heterocycles. The second-order valence-electron chi connectivity index (χ2n) is 6.72. The summed E-state index contributed by atoms with van der Waals surface area (Å²) in [6.45, 7) is 2.60. The maximum atomic E-state index is 11.3. The molecule has 2 heterocycles. The summed E-state index contributed by atoms with van der Waals surface area (Å²) in [5.74, 6) is 0. The molecular weight excluding hydrogens is 320 g/mol. The lowest BCUT2D eigenvalue weighted by Gasteiger charge is -2.35. The third kappa shape index (κ3) is 4.74. The lowest BCUT2D eigenvalue weighted by Crippen LogP contribution is -2.41. The number of hydrogen-bond acceptors (Lipinski definition) is 6. The van der Waals surface area contributed by atoms with Gasteiger partial charge in [0.1, 0.15) is 5.60 Å². The van der Waals surface area contributed by atoms with E-state index >= 15 is 0 Å². The van der Waals surface area contributed by atoms with Crippen LogP contribution in [-0.4, -0.2) is 36.7 Å². The minimum atomic E-state index is -0.715. The van der Waals surface area contributed by atoms with E-state index in [-0.39, 0.29) is 0 Å². The average molecular weight is 344 g/mol. The maximum Gasteiger partial charge on any atom is 0.405 e. The highest BCUT2D eigenvalue weighted by Crippen LogP contribution is 2.34. The largest absolute Gasteiger partial charge is 0.443 e. The summed E-state index contributed by atoms with van der Waals surface area (Å²) in [5, 5.41) is 8.41. The molecule has 0 bridgehead atoms. The third-order valence-electron chi connectivity index (χ3n) is 4.57. The van der Waals surface area contributed by atoms with Gasteiger partial charge in [0.05, 0.1) is 17.1 Å². The van der Waals surface area contributed by atoms with E-state index in [0.717, 1.165) is 55.6 Å². The van der Waals surface area contributed by atoms with Crippen LogP contribution >= 0.6 is 0 Å². The first-order valence-electron chi connectivity index (χ1n) is 8.70. The molecule has 3 rings (SSSR count). The molecule has 1 fully saturated rings. The van der Waals surface area contributed by atoms with E-state index in [1.54, 1.807) is 17.1 Å². The van der Waals surface area contributed by atoms with Gasteiger partial charge in [-0.2, -0.15) is 0 Å². The summed E-state index contributed by atoms with van der Waals surface area (Å²) in [5.41, 5.74) is 7.39. The smallest absolute Gasteiger partial charge is 0.405 e. The fourth-order valence-corrected chi connectivity index (χ4v) is 3.45. The molecule has 0 spiro atoms. The Kier molecular flexibility index (Phi) is 5.25. The van der Waals surface area contributed by atoms with E-state index in [1.807, 2.05) is 13.1 Å². The van der Waals surface area contributed by atoms with E-state index in [1.165, 1.54) is 0 Å². The topological polar surface area (TPSA) is 109 Å². The number of primary amides is 1. The van der Waals surface area contributed by atoms with Gasteiger partial charge in [0, 0.05) is 38.0 Å². The van der Waals surface area contributed by atoms with Crippen LogP contribution in [-0.2, 0) is 24.1 Å². The predicted octanol–water partition coefficient (Wildman–Crippen LogP) is 1.96. The van der Waals surface area contributed by atoms with Crippen LogP contribution < -0.4 is 5.73 Å². The quantitative estimate of drug-likeness (QED) is 0.858. The van der Waals surface area contributed by atoms with Gasteiger partial charge in [-0.3, -0.25) is 14.6 Å². The molecule has 8 nitrogen and oxygen atoms in total. The number of aryl methyl sites for hydroxylation is 3. The average Bonchev–Trinajstić information content (AvgIpc) is 3.00. The lowest BCUT2D eigenvalue weighted by molar-refractivity contribution is -0.0123. The van der Waals surface area contributed by atoms with Gasteiger partial charge in [-0.05, 0) is 32.6 Å². The lowest BCUT2D eigenvalue weighted by atomic mass is 9.81. The summed E-state index contributed by atoms with van der Waals surface area (Å²) in [4.78, 5) is 19.9. The van der Waals surface area contributed by atoms with Gasteiger partial charge < -0.3 is 10.5 Å². The molecule has 1 aliphatic carbocycles. The molecule has 0 unspecified atom stereocenters. The van der Waals surface area contributed by atoms with Crippen molar-refractivity contribution in [3.05, 3.63) is 35.7 Å². The highest BCUT2D eigenvalue weighted by atomic mass is 16.6. The Hall–Kier alpha value is -2.51. The van der Waals surface area contributed by atoms with Crippen molar-refractivity contribution in [2.24, 2.45) is 5.73 Å². The number of amides is 1. The highest BCUT2D eigenvalue weighted by Gasteiger charge is 2.36. The number of carbonyl (C=O) groups excluding carboxylic acids is 1. The van der Waals surface area contributed by atoms with Gasteiger partial charge in [-0.1, -0.05) is 11.6 Å². The molecule has 0 saturated heterocycles. The molecule has 2 aromatic rings. The van der Waals surface area contributed by atoms with Gasteiger partial charge >= 0.3 is 6.09 Å². The molecule has 2 N–H and O–H groups in total. The van der Waals surface area contributed by atoms with E-state index in [4.69, 9.17) is 10.5 Å². The first-order chi connectivity index (χ1) is 12.0. The maximum absolute atomic E-state index is 11.3. The van der Waals surface area contributed by atoms with Crippen LogP contribution in [0, 0.1) is 6.92 Å². The van der Waals surface area contributed by atoms with Crippen LogP contribution in [0.15, 0.2) is 18.6 Å². The number of nitrogens with zero attached hydrogens (tertiary/aromatic N) is 5. The second-order valence-corrected chi connectivity index (χ2v) is 6.72. The van der Waals surface area contributed by atoms with Crippen LogP contribution in [0.1, 0.15) is 49.2 Å². The van der Waals surface area contributed by atoms with Crippen LogP contribution in [0.5, 0.6) is 0 Å². The van der Waals surface area contributed by atoms with E-state index in [0.29, 0.717) is 13.0 Å². The van der Waals surface area contributed by atoms with Crippen LogP contribution in [0.2, 0.25) is 0 Å². The molecule has 0 radical (unpaired) electrons. The molecule has 0 atom stereocenters. The predicted molar refractivity (Wildman–Crippen MR) is 90.7 cm³/mol. The second kappa shape index (κ2) is 7.58. The Morgan fingerprint density at radius 1 is 1.28 bits per heavy atom. The number of nitrogens with two attached hydrogens (primary N) is 1. The van der Waals surface area contributed by atoms with Crippen LogP contribution in [0.4, 0.5) is 4.79 Å². The van der Waals surface area contributed by atoms with Gasteiger partial charge in [0.25, 0.3) is 0 Å². The first kappa shape index (κ1) is 17.3. The summed E-state index contributed by atoms with van der Waals surface area (Å²) in [7, 11) is 0. The zero-order chi connectivity index (χ0) is 17.7. The Bertz CT molecular complexity index is 723. The van der Waals surface area contributed by atoms with Crippen LogP contribution in [0.25, 0.3) is 0 Å². The minimum Gasteiger partial charge on any atom is -0.443 e. The van der Waals surface area contributed by atoms with Crippen molar-refractivity contribution in [3.8, 4) is 0 Å². The summed E-state index contributed by atoms with van der Waals surface area (Å²) in [6.07, 6.45) is 10.9. The molecule has 8 heteroatoms. The fraction of sp³-hybridized carbons (Fsp3) is 0.588. The normalized spacial score (nSPS) is 16.5. The van der Waals surface area contributed by atoms with Gasteiger partial charge in [-0.25, -0.2) is 4.79 Å². The van der Waals surface area contributed by atoms with Crippen LogP contribution in [0.3, 0.4) is 0 Å². The number of rotatable bonds is 6. The Morgan fingerprint density at radius 3 is 2.80 bits per heavy atom. The fourth-order valence-electron chi connectivity index (χ4n) is 3.45. The standard InChI is InChI=1S/C17H24N6O2/c1-13-10-19-11-14(20-13)5-8-23-12-15(21-22-23)9-17(25-16(18)24)6-3-2-4-7-17/h10-12H,2-9H2,1H3,(H2,18,24). The summed E-state index contributed by atoms with van der Waals surface area (Å²) in [6, 6.07) is 0.